The molecule has 0 unspecified atom stereocenters. The van der Waals surface area contributed by atoms with Gasteiger partial charge >= 0.3 is 0 Å². The minimum Gasteiger partial charge on any atom is -0.490 e. The molecule has 168 valence electrons. The average molecular weight is 442 g/mol. The molecule has 0 radical (unpaired) electrons. The van der Waals surface area contributed by atoms with Crippen molar-refractivity contribution in [3.8, 4) is 23.1 Å². The van der Waals surface area contributed by atoms with Gasteiger partial charge in [0.15, 0.2) is 5.82 Å². The van der Waals surface area contributed by atoms with E-state index in [0.717, 1.165) is 24.3 Å². The highest BCUT2D eigenvalue weighted by atomic mass is 16.5. The zero-order chi connectivity index (χ0) is 22.8. The summed E-state index contributed by atoms with van der Waals surface area (Å²) >= 11 is 0. The van der Waals surface area contributed by atoms with Crippen molar-refractivity contribution in [2.24, 2.45) is 5.73 Å². The van der Waals surface area contributed by atoms with Crippen LogP contribution in [-0.2, 0) is 5.41 Å². The standard InChI is InChI=1S/C26H27N5O2/c1-26(2,19-5-9-22(10-6-19)33-24-15-20(27)16-24)18-3-7-21(8-4-18)32-23-11-12-25(28-17-23)31-14-13-29-30-31/h3-14,17,20,24H,15-16,27H2,1-2H3. The number of ether oxygens (including phenoxy) is 2. The van der Waals surface area contributed by atoms with Crippen LogP contribution in [0.25, 0.3) is 5.82 Å². The van der Waals surface area contributed by atoms with Gasteiger partial charge in [0, 0.05) is 11.5 Å². The number of pyridine rings is 1. The largest absolute Gasteiger partial charge is 0.490 e. The second-order valence-corrected chi connectivity index (χ2v) is 8.95. The number of aromatic nitrogens is 4. The summed E-state index contributed by atoms with van der Waals surface area (Å²) in [4.78, 5) is 4.37. The zero-order valence-electron chi connectivity index (χ0n) is 18.8. The van der Waals surface area contributed by atoms with E-state index in [4.69, 9.17) is 15.2 Å². The number of nitrogens with two attached hydrogens (primary N) is 1. The lowest BCUT2D eigenvalue weighted by atomic mass is 9.78. The van der Waals surface area contributed by atoms with E-state index < -0.39 is 0 Å². The molecule has 1 fully saturated rings. The molecule has 0 saturated heterocycles. The van der Waals surface area contributed by atoms with E-state index in [-0.39, 0.29) is 17.6 Å². The Morgan fingerprint density at radius 3 is 2.06 bits per heavy atom. The summed E-state index contributed by atoms with van der Waals surface area (Å²) in [5.41, 5.74) is 8.12. The molecule has 1 aliphatic rings. The van der Waals surface area contributed by atoms with E-state index in [2.05, 4.69) is 53.4 Å². The molecular formula is C26H27N5O2. The molecule has 1 saturated carbocycles. The third kappa shape index (κ3) is 4.59. The minimum atomic E-state index is -0.156. The van der Waals surface area contributed by atoms with Gasteiger partial charge in [0.05, 0.1) is 18.6 Å². The third-order valence-electron chi connectivity index (χ3n) is 6.20. The fourth-order valence-electron chi connectivity index (χ4n) is 3.99. The molecule has 7 nitrogen and oxygen atoms in total. The molecule has 7 heteroatoms. The summed E-state index contributed by atoms with van der Waals surface area (Å²) in [5.74, 6) is 3.00. The molecule has 33 heavy (non-hydrogen) atoms. The number of hydrogen-bond acceptors (Lipinski definition) is 6. The molecule has 1 aliphatic carbocycles. The van der Waals surface area contributed by atoms with Crippen molar-refractivity contribution < 1.29 is 9.47 Å². The smallest absolute Gasteiger partial charge is 0.155 e. The summed E-state index contributed by atoms with van der Waals surface area (Å²) in [6.07, 6.45) is 7.15. The van der Waals surface area contributed by atoms with Gasteiger partial charge < -0.3 is 15.2 Å². The molecule has 4 aromatic rings. The van der Waals surface area contributed by atoms with Gasteiger partial charge in [-0.3, -0.25) is 0 Å². The van der Waals surface area contributed by atoms with Crippen molar-refractivity contribution in [2.45, 2.75) is 44.2 Å². The molecule has 2 aromatic carbocycles. The normalized spacial score (nSPS) is 17.9. The van der Waals surface area contributed by atoms with Crippen LogP contribution in [0.2, 0.25) is 0 Å². The third-order valence-corrected chi connectivity index (χ3v) is 6.20. The Labute approximate surface area is 193 Å². The van der Waals surface area contributed by atoms with Gasteiger partial charge in [-0.05, 0) is 60.4 Å². The maximum absolute atomic E-state index is 5.99. The Morgan fingerprint density at radius 1 is 0.879 bits per heavy atom. The predicted molar refractivity (Wildman–Crippen MR) is 126 cm³/mol. The topological polar surface area (TPSA) is 88.1 Å². The van der Waals surface area contributed by atoms with Crippen molar-refractivity contribution in [2.75, 3.05) is 0 Å². The van der Waals surface area contributed by atoms with Crippen LogP contribution >= 0.6 is 0 Å². The van der Waals surface area contributed by atoms with E-state index in [0.29, 0.717) is 11.6 Å². The van der Waals surface area contributed by atoms with Crippen molar-refractivity contribution in [1.82, 2.24) is 20.0 Å². The number of hydrogen-bond donors (Lipinski definition) is 1. The van der Waals surface area contributed by atoms with Crippen LogP contribution in [0.3, 0.4) is 0 Å². The van der Waals surface area contributed by atoms with Gasteiger partial charge in [-0.25, -0.2) is 9.67 Å². The Morgan fingerprint density at radius 2 is 1.52 bits per heavy atom. The first-order valence-electron chi connectivity index (χ1n) is 11.1. The SMILES string of the molecule is CC(C)(c1ccc(Oc2ccc(-n3ccnn3)nc2)cc1)c1ccc(OC2CC(N)C2)cc1. The summed E-state index contributed by atoms with van der Waals surface area (Å²) < 4.78 is 13.6. The minimum absolute atomic E-state index is 0.156. The highest BCUT2D eigenvalue weighted by molar-refractivity contribution is 5.43. The maximum atomic E-state index is 5.99. The molecule has 0 aliphatic heterocycles. The zero-order valence-corrected chi connectivity index (χ0v) is 18.8. The maximum Gasteiger partial charge on any atom is 0.155 e. The van der Waals surface area contributed by atoms with Crippen LogP contribution in [0.15, 0.2) is 79.3 Å². The molecule has 2 aromatic heterocycles. The molecule has 0 bridgehead atoms. The average Bonchev–Trinajstić information content (AvgIpc) is 3.34. The van der Waals surface area contributed by atoms with Gasteiger partial charge in [-0.2, -0.15) is 0 Å². The molecule has 2 heterocycles. The second-order valence-electron chi connectivity index (χ2n) is 8.95. The fourth-order valence-corrected chi connectivity index (χ4v) is 3.99. The number of rotatable bonds is 7. The number of benzene rings is 2. The summed E-state index contributed by atoms with van der Waals surface area (Å²) in [6.45, 7) is 4.44. The predicted octanol–water partition coefficient (Wildman–Crippen LogP) is 4.65. The quantitative estimate of drug-likeness (QED) is 0.449. The highest BCUT2D eigenvalue weighted by Gasteiger charge is 2.28. The van der Waals surface area contributed by atoms with Crippen molar-refractivity contribution >= 4 is 0 Å². The van der Waals surface area contributed by atoms with Crippen LogP contribution in [-0.4, -0.2) is 32.1 Å². The van der Waals surface area contributed by atoms with Gasteiger partial charge in [-0.15, -0.1) is 5.10 Å². The van der Waals surface area contributed by atoms with Crippen molar-refractivity contribution in [1.29, 1.82) is 0 Å². The van der Waals surface area contributed by atoms with Crippen LogP contribution in [0.4, 0.5) is 0 Å². The summed E-state index contributed by atoms with van der Waals surface area (Å²) in [5, 5.41) is 7.73. The Balaban J connectivity index is 1.24. The number of nitrogens with zero attached hydrogens (tertiary/aromatic N) is 4. The van der Waals surface area contributed by atoms with Crippen LogP contribution in [0.1, 0.15) is 37.8 Å². The van der Waals surface area contributed by atoms with E-state index in [1.54, 1.807) is 23.3 Å². The van der Waals surface area contributed by atoms with E-state index in [1.807, 2.05) is 36.4 Å². The van der Waals surface area contributed by atoms with Gasteiger partial charge in [0.2, 0.25) is 0 Å². The first kappa shape index (κ1) is 21.2. The Bertz CT molecular complexity index is 1180. The Hall–Kier alpha value is -3.71. The fraction of sp³-hybridized carbons (Fsp3) is 0.269. The van der Waals surface area contributed by atoms with E-state index in [9.17, 15) is 0 Å². The molecule has 0 amide bonds. The van der Waals surface area contributed by atoms with E-state index >= 15 is 0 Å². The van der Waals surface area contributed by atoms with Crippen LogP contribution < -0.4 is 15.2 Å². The molecule has 0 atom stereocenters. The highest BCUT2D eigenvalue weighted by Crippen LogP contribution is 2.34. The molecule has 5 rings (SSSR count). The monoisotopic (exact) mass is 441 g/mol. The lowest BCUT2D eigenvalue weighted by molar-refractivity contribution is 0.101. The first-order chi connectivity index (χ1) is 16.0. The molecular weight excluding hydrogens is 414 g/mol. The van der Waals surface area contributed by atoms with Gasteiger partial charge in [-0.1, -0.05) is 43.3 Å². The van der Waals surface area contributed by atoms with Crippen molar-refractivity contribution in [3.05, 3.63) is 90.4 Å². The van der Waals surface area contributed by atoms with Crippen molar-refractivity contribution in [3.63, 3.8) is 0 Å². The molecule has 2 N–H and O–H groups in total. The van der Waals surface area contributed by atoms with Gasteiger partial charge in [0.1, 0.15) is 23.4 Å². The lowest BCUT2D eigenvalue weighted by Crippen LogP contribution is -2.43. The summed E-state index contributed by atoms with van der Waals surface area (Å²) in [7, 11) is 0. The first-order valence-corrected chi connectivity index (χ1v) is 11.1. The van der Waals surface area contributed by atoms with Gasteiger partial charge in [0.25, 0.3) is 0 Å². The lowest BCUT2D eigenvalue weighted by Gasteiger charge is -2.33. The van der Waals surface area contributed by atoms with E-state index in [1.165, 1.54) is 11.1 Å². The Kier molecular flexibility index (Phi) is 5.56. The van der Waals surface area contributed by atoms with Crippen LogP contribution in [0, 0.1) is 0 Å². The molecule has 0 spiro atoms. The van der Waals surface area contributed by atoms with Crippen LogP contribution in [0.5, 0.6) is 17.2 Å². The second kappa shape index (κ2) is 8.67. The summed E-state index contributed by atoms with van der Waals surface area (Å²) in [6, 6.07) is 20.6.